The molecule has 8 nitrogen and oxygen atoms in total. The Kier molecular flexibility index (Phi) is 8.79. The second kappa shape index (κ2) is 12.2. The molecule has 1 aliphatic carbocycles. The maximum atomic E-state index is 13.6. The van der Waals surface area contributed by atoms with Gasteiger partial charge in [-0.05, 0) is 65.8 Å². The molecule has 2 aromatic carbocycles. The molecule has 1 saturated heterocycles. The number of hydrogen-bond donors (Lipinski definition) is 2. The monoisotopic (exact) mass is 654 g/mol. The molecule has 0 bridgehead atoms. The standard InChI is InChI=1S/C32H32F6N2O6/c1-3-6-20-16-22(30(43,31(33,34)35)32(36,37)38)10-11-24(20)46-23-8-5-7-19(15-23)13-14-40-27(41)29(4-2,39-28(40)42)21-9-12-25-26(17-21)45-18-44-25/h5,7-10,12,15-17,24,43H,3-4,6,11,13-14,18H2,1-2H3,(H,39,42)/t24?,29-/m1/s1. The smallest absolute Gasteiger partial charge is 0.430 e. The lowest BCUT2D eigenvalue weighted by atomic mass is 9.83. The van der Waals surface area contributed by atoms with Gasteiger partial charge in [-0.25, -0.2) is 4.79 Å². The third-order valence-corrected chi connectivity index (χ3v) is 8.46. The van der Waals surface area contributed by atoms with Gasteiger partial charge in [-0.3, -0.25) is 9.69 Å². The Balaban J connectivity index is 1.29. The molecule has 3 aliphatic rings. The number of fused-ring (bicyclic) bond motifs is 1. The van der Waals surface area contributed by atoms with E-state index in [0.717, 1.165) is 11.0 Å². The number of urea groups is 1. The molecule has 1 unspecified atom stereocenters. The number of alkyl halides is 6. The molecule has 0 radical (unpaired) electrons. The van der Waals surface area contributed by atoms with Crippen molar-refractivity contribution in [3.63, 3.8) is 0 Å². The number of ether oxygens (including phenoxy) is 3. The lowest BCUT2D eigenvalue weighted by Crippen LogP contribution is -2.58. The Hall–Kier alpha value is -4.20. The van der Waals surface area contributed by atoms with E-state index in [1.54, 1.807) is 56.3 Å². The Morgan fingerprint density at radius 3 is 2.39 bits per heavy atom. The van der Waals surface area contributed by atoms with Crippen molar-refractivity contribution in [3.8, 4) is 17.2 Å². The summed E-state index contributed by atoms with van der Waals surface area (Å²) in [6.07, 6.45) is -10.7. The second-order valence-electron chi connectivity index (χ2n) is 11.3. The van der Waals surface area contributed by atoms with Gasteiger partial charge in [0.15, 0.2) is 11.5 Å². The zero-order valence-corrected chi connectivity index (χ0v) is 24.9. The van der Waals surface area contributed by atoms with E-state index in [9.17, 15) is 41.0 Å². The highest BCUT2D eigenvalue weighted by Crippen LogP contribution is 2.49. The first kappa shape index (κ1) is 33.2. The van der Waals surface area contributed by atoms with Gasteiger partial charge in [0.25, 0.3) is 11.5 Å². The van der Waals surface area contributed by atoms with Gasteiger partial charge < -0.3 is 24.6 Å². The van der Waals surface area contributed by atoms with Crippen LogP contribution in [0.15, 0.2) is 65.8 Å². The van der Waals surface area contributed by atoms with Gasteiger partial charge in [0, 0.05) is 13.0 Å². The molecule has 0 saturated carbocycles. The van der Waals surface area contributed by atoms with Crippen LogP contribution in [0, 0.1) is 0 Å². The van der Waals surface area contributed by atoms with Crippen LogP contribution >= 0.6 is 0 Å². The van der Waals surface area contributed by atoms with E-state index in [4.69, 9.17) is 14.2 Å². The molecule has 248 valence electrons. The average Bonchev–Trinajstić information content (AvgIpc) is 3.57. The molecule has 2 N–H and O–H groups in total. The number of carbonyl (C=O) groups is 2. The van der Waals surface area contributed by atoms with Gasteiger partial charge in [-0.2, -0.15) is 26.3 Å². The Labute approximate surface area is 260 Å². The fourth-order valence-corrected chi connectivity index (χ4v) is 5.93. The molecule has 46 heavy (non-hydrogen) atoms. The zero-order valence-electron chi connectivity index (χ0n) is 24.9. The van der Waals surface area contributed by atoms with E-state index in [1.807, 2.05) is 0 Å². The summed E-state index contributed by atoms with van der Waals surface area (Å²) in [5, 5.41) is 12.7. The van der Waals surface area contributed by atoms with Crippen LogP contribution in [0.3, 0.4) is 0 Å². The molecule has 14 heteroatoms. The number of hydrogen-bond acceptors (Lipinski definition) is 6. The van der Waals surface area contributed by atoms with Crippen molar-refractivity contribution in [1.82, 2.24) is 10.2 Å². The maximum absolute atomic E-state index is 13.6. The van der Waals surface area contributed by atoms with Gasteiger partial charge in [-0.15, -0.1) is 0 Å². The number of amides is 3. The molecule has 2 atom stereocenters. The van der Waals surface area contributed by atoms with Crippen LogP contribution in [-0.4, -0.2) is 59.3 Å². The van der Waals surface area contributed by atoms with Crippen LogP contribution < -0.4 is 19.5 Å². The molecule has 5 rings (SSSR count). The molecule has 0 spiro atoms. The zero-order chi connectivity index (χ0) is 33.5. The number of imide groups is 1. The minimum absolute atomic E-state index is 0.0321. The first-order valence-corrected chi connectivity index (χ1v) is 14.7. The van der Waals surface area contributed by atoms with Crippen LogP contribution in [0.4, 0.5) is 31.1 Å². The fourth-order valence-electron chi connectivity index (χ4n) is 5.93. The van der Waals surface area contributed by atoms with Crippen LogP contribution in [-0.2, 0) is 16.8 Å². The Morgan fingerprint density at radius 1 is 1.00 bits per heavy atom. The average molecular weight is 655 g/mol. The highest BCUT2D eigenvalue weighted by atomic mass is 19.4. The number of nitrogens with one attached hydrogen (secondary N) is 1. The molecule has 3 amide bonds. The molecule has 0 aromatic heterocycles. The minimum Gasteiger partial charge on any atom is -0.486 e. The molecular formula is C32H32F6N2O6. The van der Waals surface area contributed by atoms with Crippen LogP contribution in [0.25, 0.3) is 0 Å². The Bertz CT molecular complexity index is 1550. The van der Waals surface area contributed by atoms with E-state index in [1.165, 1.54) is 0 Å². The summed E-state index contributed by atoms with van der Waals surface area (Å²) in [6, 6.07) is 11.1. The lowest BCUT2D eigenvalue weighted by molar-refractivity contribution is -0.351. The first-order valence-electron chi connectivity index (χ1n) is 14.7. The number of halogens is 6. The van der Waals surface area contributed by atoms with Crippen molar-refractivity contribution in [1.29, 1.82) is 0 Å². The number of aliphatic hydroxyl groups is 1. The molecule has 1 fully saturated rings. The highest BCUT2D eigenvalue weighted by molar-refractivity contribution is 6.07. The highest BCUT2D eigenvalue weighted by Gasteiger charge is 2.72. The summed E-state index contributed by atoms with van der Waals surface area (Å²) >= 11 is 0. The fraction of sp³-hybridized carbons (Fsp3) is 0.438. The second-order valence-corrected chi connectivity index (χ2v) is 11.3. The summed E-state index contributed by atoms with van der Waals surface area (Å²) in [5.74, 6) is 0.879. The summed E-state index contributed by atoms with van der Waals surface area (Å²) in [6.45, 7) is 3.59. The summed E-state index contributed by atoms with van der Waals surface area (Å²) in [5.41, 5.74) is -6.19. The third-order valence-electron chi connectivity index (χ3n) is 8.46. The van der Waals surface area contributed by atoms with Gasteiger partial charge in [-0.1, -0.05) is 50.6 Å². The largest absolute Gasteiger partial charge is 0.486 e. The van der Waals surface area contributed by atoms with Crippen molar-refractivity contribution >= 4 is 11.9 Å². The maximum Gasteiger partial charge on any atom is 0.430 e. The SMILES string of the molecule is CCCC1=CC(C(O)(C(F)(F)F)C(F)(F)F)=CCC1Oc1cccc(CCN2C(=O)N[C@](CC)(c3ccc4c(c3)OCO4)C2=O)c1. The van der Waals surface area contributed by atoms with Gasteiger partial charge in [0.05, 0.1) is 0 Å². The van der Waals surface area contributed by atoms with Gasteiger partial charge in [0.1, 0.15) is 17.4 Å². The van der Waals surface area contributed by atoms with Gasteiger partial charge in [0.2, 0.25) is 6.79 Å². The normalized spacial score (nSPS) is 21.7. The van der Waals surface area contributed by atoms with Crippen molar-refractivity contribution in [2.24, 2.45) is 0 Å². The third kappa shape index (κ3) is 5.78. The molecular weight excluding hydrogens is 622 g/mol. The number of nitrogens with zero attached hydrogens (tertiary/aromatic N) is 1. The first-order chi connectivity index (χ1) is 21.6. The van der Waals surface area contributed by atoms with E-state index in [-0.39, 0.29) is 44.6 Å². The van der Waals surface area contributed by atoms with E-state index >= 15 is 0 Å². The van der Waals surface area contributed by atoms with E-state index in [2.05, 4.69) is 5.32 Å². The Morgan fingerprint density at radius 2 is 1.72 bits per heavy atom. The van der Waals surface area contributed by atoms with Crippen molar-refractivity contribution in [3.05, 3.63) is 76.9 Å². The van der Waals surface area contributed by atoms with E-state index < -0.39 is 47.1 Å². The predicted octanol–water partition coefficient (Wildman–Crippen LogP) is 6.47. The van der Waals surface area contributed by atoms with Crippen molar-refractivity contribution in [2.75, 3.05) is 13.3 Å². The minimum atomic E-state index is -5.98. The van der Waals surface area contributed by atoms with E-state index in [0.29, 0.717) is 40.9 Å². The van der Waals surface area contributed by atoms with Crippen LogP contribution in [0.5, 0.6) is 17.2 Å². The summed E-state index contributed by atoms with van der Waals surface area (Å²) in [4.78, 5) is 27.7. The molecule has 2 heterocycles. The quantitative estimate of drug-likeness (QED) is 0.225. The lowest BCUT2D eigenvalue weighted by Gasteiger charge is -2.36. The summed E-state index contributed by atoms with van der Waals surface area (Å²) < 4.78 is 97.7. The molecule has 2 aromatic rings. The van der Waals surface area contributed by atoms with Crippen molar-refractivity contribution in [2.45, 2.75) is 75.5 Å². The number of rotatable bonds is 10. The van der Waals surface area contributed by atoms with Crippen LogP contribution in [0.1, 0.15) is 50.7 Å². The van der Waals surface area contributed by atoms with Gasteiger partial charge >= 0.3 is 18.4 Å². The number of benzene rings is 2. The summed E-state index contributed by atoms with van der Waals surface area (Å²) in [7, 11) is 0. The van der Waals surface area contributed by atoms with Crippen molar-refractivity contribution < 1.29 is 55.2 Å². The van der Waals surface area contributed by atoms with Crippen LogP contribution in [0.2, 0.25) is 0 Å². The topological polar surface area (TPSA) is 97.3 Å². The number of carbonyl (C=O) groups excluding carboxylic acids is 2. The predicted molar refractivity (Wildman–Crippen MR) is 152 cm³/mol. The molecule has 2 aliphatic heterocycles.